The number of amidine groups is 1. The molecule has 0 bridgehead atoms. The number of hydrazine groups is 1. The molecule has 188 valence electrons. The summed E-state index contributed by atoms with van der Waals surface area (Å²) < 4.78 is 13.8. The number of hydrogen-bond acceptors (Lipinski definition) is 5. The third kappa shape index (κ3) is 4.03. The summed E-state index contributed by atoms with van der Waals surface area (Å²) in [6.45, 7) is 12.4. The van der Waals surface area contributed by atoms with Crippen LogP contribution in [0.3, 0.4) is 0 Å². The summed E-state index contributed by atoms with van der Waals surface area (Å²) in [5.41, 5.74) is 4.59. The Morgan fingerprint density at radius 3 is 2.72 bits per heavy atom. The summed E-state index contributed by atoms with van der Waals surface area (Å²) in [5, 5.41) is 6.98. The van der Waals surface area contributed by atoms with Crippen LogP contribution in [0.15, 0.2) is 58.3 Å². The Labute approximate surface area is 211 Å². The first-order valence-electron chi connectivity index (χ1n) is 12.5. The SMILES string of the molecule is C=N/C=C1/C(=O)N(C(C)C)N(c2ccnc(C(C)(C)CF)c2)C1=Nc1ccc2c(c1)CNCC21CC1. The predicted molar refractivity (Wildman–Crippen MR) is 141 cm³/mol. The number of nitrogens with one attached hydrogen (secondary N) is 1. The molecule has 1 amide bonds. The van der Waals surface area contributed by atoms with E-state index in [0.717, 1.165) is 18.8 Å². The van der Waals surface area contributed by atoms with Gasteiger partial charge in [-0.2, -0.15) is 0 Å². The quantitative estimate of drug-likeness (QED) is 0.471. The van der Waals surface area contributed by atoms with Gasteiger partial charge in [-0.25, -0.2) is 15.0 Å². The third-order valence-corrected chi connectivity index (χ3v) is 7.35. The Hall–Kier alpha value is -3.39. The highest BCUT2D eigenvalue weighted by Gasteiger charge is 2.47. The van der Waals surface area contributed by atoms with Crippen molar-refractivity contribution < 1.29 is 9.18 Å². The van der Waals surface area contributed by atoms with Crippen LogP contribution in [0.5, 0.6) is 0 Å². The minimum absolute atomic E-state index is 0.160. The van der Waals surface area contributed by atoms with Gasteiger partial charge in [0.05, 0.1) is 17.1 Å². The van der Waals surface area contributed by atoms with Crippen molar-refractivity contribution >= 4 is 29.8 Å². The molecule has 1 aromatic heterocycles. The summed E-state index contributed by atoms with van der Waals surface area (Å²) in [5.74, 6) is 0.247. The zero-order valence-corrected chi connectivity index (χ0v) is 21.4. The van der Waals surface area contributed by atoms with Crippen LogP contribution >= 0.6 is 0 Å². The molecule has 8 heteroatoms. The Morgan fingerprint density at radius 2 is 2.06 bits per heavy atom. The van der Waals surface area contributed by atoms with E-state index in [9.17, 15) is 9.18 Å². The maximum Gasteiger partial charge on any atom is 0.278 e. The molecule has 0 atom stereocenters. The van der Waals surface area contributed by atoms with E-state index in [1.807, 2.05) is 45.9 Å². The third-order valence-electron chi connectivity index (χ3n) is 7.35. The second kappa shape index (κ2) is 8.92. The van der Waals surface area contributed by atoms with Crippen LogP contribution in [0.1, 0.15) is 57.4 Å². The molecule has 36 heavy (non-hydrogen) atoms. The van der Waals surface area contributed by atoms with E-state index < -0.39 is 12.1 Å². The van der Waals surface area contributed by atoms with Gasteiger partial charge in [0.1, 0.15) is 12.2 Å². The van der Waals surface area contributed by atoms with Crippen LogP contribution in [0.2, 0.25) is 0 Å². The van der Waals surface area contributed by atoms with Gasteiger partial charge in [-0.15, -0.1) is 0 Å². The molecule has 1 N–H and O–H groups in total. The Morgan fingerprint density at radius 1 is 1.28 bits per heavy atom. The van der Waals surface area contributed by atoms with Crippen LogP contribution in [0.25, 0.3) is 0 Å². The largest absolute Gasteiger partial charge is 0.312 e. The fourth-order valence-corrected chi connectivity index (χ4v) is 5.10. The lowest BCUT2D eigenvalue weighted by molar-refractivity contribution is -0.126. The summed E-state index contributed by atoms with van der Waals surface area (Å²) in [6.07, 6.45) is 5.53. The van der Waals surface area contributed by atoms with Gasteiger partial charge in [0.2, 0.25) is 0 Å². The van der Waals surface area contributed by atoms with Crippen LogP contribution < -0.4 is 10.3 Å². The first-order valence-corrected chi connectivity index (χ1v) is 12.5. The molecule has 5 rings (SSSR count). The number of rotatable bonds is 6. The minimum atomic E-state index is -0.759. The van der Waals surface area contributed by atoms with Crippen molar-refractivity contribution in [3.05, 3.63) is 65.1 Å². The Balaban J connectivity index is 1.65. The molecule has 2 fully saturated rings. The maximum absolute atomic E-state index is 13.8. The fourth-order valence-electron chi connectivity index (χ4n) is 5.10. The number of alkyl halides is 1. The Kier molecular flexibility index (Phi) is 6.03. The van der Waals surface area contributed by atoms with E-state index in [2.05, 4.69) is 34.1 Å². The fraction of sp³-hybridized carbons (Fsp3) is 0.429. The second-order valence-corrected chi connectivity index (χ2v) is 10.9. The average Bonchev–Trinajstić information content (AvgIpc) is 3.58. The topological polar surface area (TPSA) is 73.2 Å². The van der Waals surface area contributed by atoms with E-state index in [-0.39, 0.29) is 17.4 Å². The summed E-state index contributed by atoms with van der Waals surface area (Å²) in [7, 11) is 0. The number of hydrogen-bond donors (Lipinski definition) is 1. The van der Waals surface area contributed by atoms with Crippen LogP contribution in [0, 0.1) is 0 Å². The number of carbonyl (C=O) groups is 1. The smallest absolute Gasteiger partial charge is 0.278 e. The van der Waals surface area contributed by atoms with Crippen molar-refractivity contribution in [3.8, 4) is 0 Å². The van der Waals surface area contributed by atoms with Crippen molar-refractivity contribution in [2.75, 3.05) is 18.2 Å². The summed E-state index contributed by atoms with van der Waals surface area (Å²) in [4.78, 5) is 26.9. The van der Waals surface area contributed by atoms with Gasteiger partial charge in [-0.3, -0.25) is 19.2 Å². The minimum Gasteiger partial charge on any atom is -0.312 e. The van der Waals surface area contributed by atoms with Gasteiger partial charge in [-0.1, -0.05) is 19.9 Å². The van der Waals surface area contributed by atoms with E-state index >= 15 is 0 Å². The number of pyridine rings is 1. The predicted octanol–water partition coefficient (Wildman–Crippen LogP) is 4.75. The number of halogens is 1. The number of aromatic nitrogens is 1. The summed E-state index contributed by atoms with van der Waals surface area (Å²) >= 11 is 0. The van der Waals surface area contributed by atoms with Gasteiger partial charge in [0, 0.05) is 42.4 Å². The molecule has 0 radical (unpaired) electrons. The molecule has 1 aromatic carbocycles. The molecule has 1 aliphatic carbocycles. The number of benzene rings is 1. The van der Waals surface area contributed by atoms with Crippen LogP contribution in [-0.2, 0) is 22.2 Å². The highest BCUT2D eigenvalue weighted by Crippen LogP contribution is 2.51. The highest BCUT2D eigenvalue weighted by molar-refractivity contribution is 6.32. The lowest BCUT2D eigenvalue weighted by Crippen LogP contribution is -2.45. The standard InChI is InChI=1S/C28H33FN6O/c1-18(2)34-26(36)22(15-30-5)25(35(34)21-8-11-32-24(13-21)27(3,4)16-29)33-20-6-7-23-19(12-20)14-31-17-28(23)9-10-28/h6-8,11-13,15,18,31H,5,9-10,14,16-17H2,1-4H3/b22-15+,33-25?. The number of amides is 1. The first kappa shape index (κ1) is 24.3. The molecule has 1 saturated carbocycles. The second-order valence-electron chi connectivity index (χ2n) is 10.9. The Bertz CT molecular complexity index is 1280. The first-order chi connectivity index (χ1) is 17.2. The lowest BCUT2D eigenvalue weighted by Gasteiger charge is -2.33. The van der Waals surface area contributed by atoms with E-state index in [4.69, 9.17) is 4.99 Å². The van der Waals surface area contributed by atoms with Crippen molar-refractivity contribution in [3.63, 3.8) is 0 Å². The van der Waals surface area contributed by atoms with E-state index in [1.165, 1.54) is 30.2 Å². The van der Waals surface area contributed by atoms with Crippen molar-refractivity contribution in [2.24, 2.45) is 9.98 Å². The molecule has 2 aromatic rings. The maximum atomic E-state index is 13.8. The van der Waals surface area contributed by atoms with Crippen LogP contribution in [0.4, 0.5) is 15.8 Å². The van der Waals surface area contributed by atoms with E-state index in [0.29, 0.717) is 22.8 Å². The molecule has 2 aliphatic heterocycles. The highest BCUT2D eigenvalue weighted by atomic mass is 19.1. The van der Waals surface area contributed by atoms with Gasteiger partial charge in [0.25, 0.3) is 5.91 Å². The van der Waals surface area contributed by atoms with Gasteiger partial charge >= 0.3 is 0 Å². The summed E-state index contributed by atoms with van der Waals surface area (Å²) in [6, 6.07) is 9.81. The van der Waals surface area contributed by atoms with Gasteiger partial charge in [-0.05, 0) is 68.8 Å². The number of fused-ring (bicyclic) bond motifs is 2. The van der Waals surface area contributed by atoms with Crippen molar-refractivity contribution in [1.29, 1.82) is 0 Å². The zero-order chi connectivity index (χ0) is 25.7. The molecular formula is C28H33FN6O. The van der Waals surface area contributed by atoms with Gasteiger partial charge < -0.3 is 5.32 Å². The molecule has 3 heterocycles. The normalized spacial score (nSPS) is 21.1. The van der Waals surface area contributed by atoms with Gasteiger partial charge in [0.15, 0.2) is 5.84 Å². The lowest BCUT2D eigenvalue weighted by atomic mass is 9.88. The molecule has 0 unspecified atom stereocenters. The zero-order valence-electron chi connectivity index (χ0n) is 21.4. The van der Waals surface area contributed by atoms with E-state index in [1.54, 1.807) is 16.2 Å². The number of aliphatic imine (C=N–C) groups is 2. The molecular weight excluding hydrogens is 455 g/mol. The number of carbonyl (C=O) groups excluding carboxylic acids is 1. The van der Waals surface area contributed by atoms with Crippen molar-refractivity contribution in [1.82, 2.24) is 15.3 Å². The molecule has 1 spiro atoms. The average molecular weight is 489 g/mol. The number of nitrogens with zero attached hydrogens (tertiary/aromatic N) is 5. The monoisotopic (exact) mass is 488 g/mol. The molecule has 7 nitrogen and oxygen atoms in total. The van der Waals surface area contributed by atoms with Crippen molar-refractivity contribution in [2.45, 2.75) is 64.0 Å². The molecule has 3 aliphatic rings. The van der Waals surface area contributed by atoms with Crippen LogP contribution in [-0.4, -0.2) is 47.7 Å². The number of anilines is 1. The molecule has 1 saturated heterocycles.